The third-order valence-corrected chi connectivity index (χ3v) is 5.90. The van der Waals surface area contributed by atoms with Crippen molar-refractivity contribution in [1.82, 2.24) is 9.55 Å². The Kier molecular flexibility index (Phi) is 6.88. The smallest absolute Gasteiger partial charge is 0.262 e. The second-order valence-electron chi connectivity index (χ2n) is 5.95. The highest BCUT2D eigenvalue weighted by Crippen LogP contribution is 2.32. The van der Waals surface area contributed by atoms with Crippen molar-refractivity contribution in [3.05, 3.63) is 61.8 Å². The fourth-order valence-corrected chi connectivity index (χ4v) is 4.03. The Labute approximate surface area is 181 Å². The molecule has 0 spiro atoms. The van der Waals surface area contributed by atoms with Crippen molar-refractivity contribution in [3.63, 3.8) is 0 Å². The molecule has 9 heteroatoms. The van der Waals surface area contributed by atoms with Crippen LogP contribution in [0.5, 0.6) is 0 Å². The Morgan fingerprint density at radius 2 is 1.86 bits per heavy atom. The molecule has 1 N–H and O–H groups in total. The van der Waals surface area contributed by atoms with Crippen LogP contribution < -0.4 is 10.9 Å². The van der Waals surface area contributed by atoms with Crippen molar-refractivity contribution in [2.75, 3.05) is 11.1 Å². The van der Waals surface area contributed by atoms with Crippen LogP contribution in [0.3, 0.4) is 0 Å². The van der Waals surface area contributed by atoms with Gasteiger partial charge >= 0.3 is 0 Å². The first-order valence-electron chi connectivity index (χ1n) is 8.47. The lowest BCUT2D eigenvalue weighted by molar-refractivity contribution is -0.113. The van der Waals surface area contributed by atoms with E-state index in [1.807, 2.05) is 19.1 Å². The number of amides is 1. The highest BCUT2D eigenvalue weighted by atomic mass is 35.5. The summed E-state index contributed by atoms with van der Waals surface area (Å²) < 4.78 is 1.60. The van der Waals surface area contributed by atoms with Crippen molar-refractivity contribution in [2.24, 2.45) is 0 Å². The van der Waals surface area contributed by atoms with Gasteiger partial charge in [-0.15, -0.1) is 0 Å². The number of fused-ring (bicyclic) bond motifs is 1. The number of hydrogen-bond acceptors (Lipinski definition) is 4. The van der Waals surface area contributed by atoms with E-state index in [-0.39, 0.29) is 17.2 Å². The Balaban J connectivity index is 1.81. The first-order chi connectivity index (χ1) is 13.4. The average Bonchev–Trinajstić information content (AvgIpc) is 2.67. The molecule has 0 aliphatic heterocycles. The summed E-state index contributed by atoms with van der Waals surface area (Å²) in [6.45, 7) is 2.51. The molecule has 0 unspecified atom stereocenters. The molecule has 0 saturated heterocycles. The van der Waals surface area contributed by atoms with Crippen LogP contribution in [0.4, 0.5) is 5.69 Å². The third kappa shape index (κ3) is 4.63. The lowest BCUT2D eigenvalue weighted by Crippen LogP contribution is -2.24. The molecule has 1 heterocycles. The number of nitrogens with zero attached hydrogens (tertiary/aromatic N) is 2. The number of benzene rings is 2. The number of nitrogens with one attached hydrogen (secondary N) is 1. The minimum absolute atomic E-state index is 0.0606. The number of carbonyl (C=O) groups is 1. The normalized spacial score (nSPS) is 11.0. The summed E-state index contributed by atoms with van der Waals surface area (Å²) in [5.41, 5.74) is 0.872. The standard InChI is InChI=1S/C19H16Cl3N3O2S/c1-2-7-25-18(27)11-5-3-4-6-15(11)24-19(25)28-10-17(26)23-16-9-13(21)12(20)8-14(16)22/h3-6,8-9H,2,7,10H2,1H3,(H,23,26). The molecule has 0 radical (unpaired) electrons. The summed E-state index contributed by atoms with van der Waals surface area (Å²) in [6, 6.07) is 10.1. The van der Waals surface area contributed by atoms with Crippen molar-refractivity contribution in [3.8, 4) is 0 Å². The van der Waals surface area contributed by atoms with E-state index in [0.717, 1.165) is 6.42 Å². The maximum Gasteiger partial charge on any atom is 0.262 e. The largest absolute Gasteiger partial charge is 0.324 e. The minimum atomic E-state index is -0.296. The van der Waals surface area contributed by atoms with Crippen LogP contribution in [-0.4, -0.2) is 21.2 Å². The summed E-state index contributed by atoms with van der Waals surface area (Å²) in [6.07, 6.45) is 0.776. The van der Waals surface area contributed by atoms with Crippen LogP contribution in [0.2, 0.25) is 15.1 Å². The van der Waals surface area contributed by atoms with Gasteiger partial charge in [0.05, 0.1) is 37.4 Å². The summed E-state index contributed by atoms with van der Waals surface area (Å²) in [4.78, 5) is 29.7. The molecule has 0 atom stereocenters. The van der Waals surface area contributed by atoms with Crippen LogP contribution in [0.15, 0.2) is 46.3 Å². The fourth-order valence-electron chi connectivity index (χ4n) is 2.61. The van der Waals surface area contributed by atoms with E-state index in [1.54, 1.807) is 16.7 Å². The molecule has 0 saturated carbocycles. The monoisotopic (exact) mass is 455 g/mol. The van der Waals surface area contributed by atoms with Gasteiger partial charge in [0, 0.05) is 6.54 Å². The summed E-state index contributed by atoms with van der Waals surface area (Å²) in [5.74, 6) is -0.235. The lowest BCUT2D eigenvalue weighted by atomic mass is 10.2. The predicted molar refractivity (Wildman–Crippen MR) is 117 cm³/mol. The zero-order valence-electron chi connectivity index (χ0n) is 14.8. The predicted octanol–water partition coefficient (Wildman–Crippen LogP) is 5.50. The first-order valence-corrected chi connectivity index (χ1v) is 10.6. The molecule has 3 aromatic rings. The van der Waals surface area contributed by atoms with E-state index < -0.39 is 0 Å². The zero-order valence-corrected chi connectivity index (χ0v) is 17.9. The topological polar surface area (TPSA) is 64.0 Å². The molecular formula is C19H16Cl3N3O2S. The van der Waals surface area contributed by atoms with Gasteiger partial charge < -0.3 is 5.32 Å². The van der Waals surface area contributed by atoms with Gasteiger partial charge in [-0.25, -0.2) is 4.98 Å². The second-order valence-corrected chi connectivity index (χ2v) is 8.12. The molecule has 1 amide bonds. The Morgan fingerprint density at radius 3 is 2.61 bits per heavy atom. The van der Waals surface area contributed by atoms with Gasteiger partial charge in [0.1, 0.15) is 0 Å². The second kappa shape index (κ2) is 9.18. The van der Waals surface area contributed by atoms with Gasteiger partial charge in [-0.2, -0.15) is 0 Å². The van der Waals surface area contributed by atoms with Crippen LogP contribution in [0.1, 0.15) is 13.3 Å². The van der Waals surface area contributed by atoms with E-state index >= 15 is 0 Å². The van der Waals surface area contributed by atoms with E-state index in [4.69, 9.17) is 34.8 Å². The first kappa shape index (κ1) is 21.0. The van der Waals surface area contributed by atoms with Crippen molar-refractivity contribution >= 4 is 69.1 Å². The Bertz CT molecular complexity index is 1100. The van der Waals surface area contributed by atoms with E-state index in [9.17, 15) is 9.59 Å². The van der Waals surface area contributed by atoms with Gasteiger partial charge in [-0.1, -0.05) is 65.6 Å². The molecular weight excluding hydrogens is 441 g/mol. The number of halogens is 3. The maximum absolute atomic E-state index is 12.8. The Hall–Kier alpha value is -1.73. The SMILES string of the molecule is CCCn1c(SCC(=O)Nc2cc(Cl)c(Cl)cc2Cl)nc2ccccc2c1=O. The fraction of sp³-hybridized carbons (Fsp3) is 0.211. The molecule has 146 valence electrons. The molecule has 0 bridgehead atoms. The van der Waals surface area contributed by atoms with Crippen LogP contribution >= 0.6 is 46.6 Å². The van der Waals surface area contributed by atoms with Crippen LogP contribution in [0, 0.1) is 0 Å². The van der Waals surface area contributed by atoms with E-state index in [2.05, 4.69) is 10.3 Å². The van der Waals surface area contributed by atoms with Gasteiger partial charge in [-0.05, 0) is 30.7 Å². The lowest BCUT2D eigenvalue weighted by Gasteiger charge is -2.12. The number of aromatic nitrogens is 2. The summed E-state index contributed by atoms with van der Waals surface area (Å²) in [7, 11) is 0. The molecule has 3 rings (SSSR count). The average molecular weight is 457 g/mol. The molecule has 0 fully saturated rings. The van der Waals surface area contributed by atoms with Gasteiger partial charge in [0.25, 0.3) is 5.56 Å². The van der Waals surface area contributed by atoms with E-state index in [1.165, 1.54) is 23.9 Å². The Morgan fingerprint density at radius 1 is 1.14 bits per heavy atom. The van der Waals surface area contributed by atoms with E-state index in [0.29, 0.717) is 43.4 Å². The van der Waals surface area contributed by atoms with Crippen LogP contribution in [-0.2, 0) is 11.3 Å². The maximum atomic E-state index is 12.8. The molecule has 5 nitrogen and oxygen atoms in total. The number of thioether (sulfide) groups is 1. The number of anilines is 1. The van der Waals surface area contributed by atoms with Crippen molar-refractivity contribution < 1.29 is 4.79 Å². The quantitative estimate of drug-likeness (QED) is 0.302. The molecule has 28 heavy (non-hydrogen) atoms. The third-order valence-electron chi connectivity index (χ3n) is 3.89. The molecule has 1 aromatic heterocycles. The molecule has 2 aromatic carbocycles. The zero-order chi connectivity index (χ0) is 20.3. The van der Waals surface area contributed by atoms with Crippen molar-refractivity contribution in [1.29, 1.82) is 0 Å². The van der Waals surface area contributed by atoms with Gasteiger partial charge in [-0.3, -0.25) is 14.2 Å². The number of para-hydroxylation sites is 1. The molecule has 0 aliphatic rings. The van der Waals surface area contributed by atoms with Gasteiger partial charge in [0.15, 0.2) is 5.16 Å². The number of carbonyl (C=O) groups excluding carboxylic acids is 1. The minimum Gasteiger partial charge on any atom is -0.324 e. The summed E-state index contributed by atoms with van der Waals surface area (Å²) >= 11 is 19.2. The summed E-state index contributed by atoms with van der Waals surface area (Å²) in [5, 5.41) is 4.66. The van der Waals surface area contributed by atoms with Gasteiger partial charge in [0.2, 0.25) is 5.91 Å². The van der Waals surface area contributed by atoms with Crippen molar-refractivity contribution in [2.45, 2.75) is 25.0 Å². The van der Waals surface area contributed by atoms with Crippen LogP contribution in [0.25, 0.3) is 10.9 Å². The number of rotatable bonds is 6. The number of hydrogen-bond donors (Lipinski definition) is 1. The highest BCUT2D eigenvalue weighted by Gasteiger charge is 2.14. The highest BCUT2D eigenvalue weighted by molar-refractivity contribution is 7.99. The molecule has 0 aliphatic carbocycles.